The van der Waals surface area contributed by atoms with Gasteiger partial charge in [-0.05, 0) is 42.7 Å². The zero-order valence-corrected chi connectivity index (χ0v) is 7.48. The highest BCUT2D eigenvalue weighted by molar-refractivity contribution is 5.33. The van der Waals surface area contributed by atoms with Crippen molar-refractivity contribution in [2.45, 2.75) is 33.1 Å². The predicted molar refractivity (Wildman–Crippen MR) is 49.4 cm³/mol. The molecule has 2 aliphatic rings. The molecular weight excluding hydrogens is 134 g/mol. The Labute approximate surface area is 69.2 Å². The summed E-state index contributed by atoms with van der Waals surface area (Å²) in [5.41, 5.74) is 3.23. The van der Waals surface area contributed by atoms with Crippen molar-refractivity contribution in [1.29, 1.82) is 0 Å². The highest BCUT2D eigenvalue weighted by Crippen LogP contribution is 2.27. The molecule has 0 aromatic rings. The fraction of sp³-hybridized carbons (Fsp3) is 0.600. The molecule has 2 rings (SSSR count). The highest BCUT2D eigenvalue weighted by Gasteiger charge is 2.12. The van der Waals surface area contributed by atoms with Gasteiger partial charge < -0.3 is 5.32 Å². The van der Waals surface area contributed by atoms with Crippen molar-refractivity contribution < 1.29 is 0 Å². The molecule has 1 N–H and O–H groups in total. The second kappa shape index (κ2) is 4.22. The summed E-state index contributed by atoms with van der Waals surface area (Å²) in [6.45, 7) is 5.10. The Morgan fingerprint density at radius 1 is 1.27 bits per heavy atom. The van der Waals surface area contributed by atoms with Gasteiger partial charge in [-0.1, -0.05) is 13.8 Å². The van der Waals surface area contributed by atoms with Crippen molar-refractivity contribution in [1.82, 2.24) is 5.32 Å². The number of hydrogen-bond donors (Lipinski definition) is 1. The second-order valence-corrected chi connectivity index (χ2v) is 2.70. The lowest BCUT2D eigenvalue weighted by molar-refractivity contribution is 0.851. The Balaban J connectivity index is 0.000000281. The van der Waals surface area contributed by atoms with Crippen LogP contribution in [-0.2, 0) is 0 Å². The number of allylic oxidation sites excluding steroid dienone is 2. The fourth-order valence-corrected chi connectivity index (χ4v) is 1.57. The minimum Gasteiger partial charge on any atom is -0.387 e. The van der Waals surface area contributed by atoms with Crippen molar-refractivity contribution in [2.24, 2.45) is 0 Å². The molecule has 1 nitrogen and oxygen atoms in total. The molecule has 1 heteroatoms. The van der Waals surface area contributed by atoms with Crippen LogP contribution in [-0.4, -0.2) is 6.54 Å². The topological polar surface area (TPSA) is 12.0 Å². The lowest BCUT2D eigenvalue weighted by atomic mass is 10.1. The van der Waals surface area contributed by atoms with Crippen LogP contribution in [0.3, 0.4) is 0 Å². The molecule has 0 atom stereocenters. The minimum absolute atomic E-state index is 1.10. The largest absolute Gasteiger partial charge is 0.387 e. The fourth-order valence-electron chi connectivity index (χ4n) is 1.57. The molecule has 1 heterocycles. The van der Waals surface area contributed by atoms with Crippen LogP contribution in [0.25, 0.3) is 0 Å². The van der Waals surface area contributed by atoms with E-state index in [0.29, 0.717) is 0 Å². The van der Waals surface area contributed by atoms with Crippen LogP contribution in [0, 0.1) is 0 Å². The molecule has 1 aliphatic heterocycles. The van der Waals surface area contributed by atoms with E-state index in [1.54, 1.807) is 11.1 Å². The van der Waals surface area contributed by atoms with E-state index in [9.17, 15) is 0 Å². The Morgan fingerprint density at radius 2 is 2.09 bits per heavy atom. The number of hydrogen-bond acceptors (Lipinski definition) is 1. The summed E-state index contributed by atoms with van der Waals surface area (Å²) in [6, 6.07) is 0. The van der Waals surface area contributed by atoms with Gasteiger partial charge in [0.2, 0.25) is 0 Å². The second-order valence-electron chi connectivity index (χ2n) is 2.70. The van der Waals surface area contributed by atoms with Crippen LogP contribution >= 0.6 is 0 Å². The van der Waals surface area contributed by atoms with E-state index >= 15 is 0 Å². The minimum atomic E-state index is 1.10. The monoisotopic (exact) mass is 151 g/mol. The van der Waals surface area contributed by atoms with Crippen molar-refractivity contribution >= 4 is 0 Å². The van der Waals surface area contributed by atoms with Gasteiger partial charge in [0.15, 0.2) is 0 Å². The lowest BCUT2D eigenvalue weighted by Crippen LogP contribution is -2.12. The van der Waals surface area contributed by atoms with Crippen LogP contribution in [0.4, 0.5) is 0 Å². The van der Waals surface area contributed by atoms with Gasteiger partial charge in [-0.3, -0.25) is 0 Å². The third-order valence-corrected chi connectivity index (χ3v) is 2.10. The van der Waals surface area contributed by atoms with E-state index in [-0.39, 0.29) is 0 Å². The Kier molecular flexibility index (Phi) is 3.21. The summed E-state index contributed by atoms with van der Waals surface area (Å²) in [5.74, 6) is 0. The first-order valence-corrected chi connectivity index (χ1v) is 4.57. The number of rotatable bonds is 0. The number of nitrogens with one attached hydrogen (secondary N) is 1. The Morgan fingerprint density at radius 3 is 2.82 bits per heavy atom. The first-order chi connectivity index (χ1) is 5.47. The van der Waals surface area contributed by atoms with Crippen molar-refractivity contribution in [3.8, 4) is 0 Å². The van der Waals surface area contributed by atoms with Crippen LogP contribution in [0.15, 0.2) is 23.4 Å². The average Bonchev–Trinajstić information content (AvgIpc) is 2.55. The van der Waals surface area contributed by atoms with Gasteiger partial charge in [0, 0.05) is 6.54 Å². The number of dihydropyridines is 1. The molecule has 0 saturated carbocycles. The molecule has 0 unspecified atom stereocenters. The molecule has 0 aromatic carbocycles. The Hall–Kier alpha value is -0.720. The first-order valence-electron chi connectivity index (χ1n) is 4.57. The third-order valence-electron chi connectivity index (χ3n) is 2.10. The van der Waals surface area contributed by atoms with Crippen molar-refractivity contribution in [3.05, 3.63) is 23.4 Å². The standard InChI is InChI=1S/C8H11N.C2H6/c1-2-7-4-5-9-6-8(7)3-1;1-2/h4-5,9H,1-3,6H2;1-2H3. The van der Waals surface area contributed by atoms with Gasteiger partial charge in [0.25, 0.3) is 0 Å². The maximum atomic E-state index is 3.22. The van der Waals surface area contributed by atoms with E-state index in [4.69, 9.17) is 0 Å². The highest BCUT2D eigenvalue weighted by atomic mass is 14.8. The summed E-state index contributed by atoms with van der Waals surface area (Å²) in [7, 11) is 0. The van der Waals surface area contributed by atoms with E-state index in [1.165, 1.54) is 19.3 Å². The van der Waals surface area contributed by atoms with E-state index in [0.717, 1.165) is 6.54 Å². The van der Waals surface area contributed by atoms with Crippen molar-refractivity contribution in [3.63, 3.8) is 0 Å². The van der Waals surface area contributed by atoms with Crippen LogP contribution in [0.5, 0.6) is 0 Å². The first kappa shape index (κ1) is 8.38. The van der Waals surface area contributed by atoms with Crippen molar-refractivity contribution in [2.75, 3.05) is 6.54 Å². The molecular formula is C10H17N. The maximum Gasteiger partial charge on any atom is 0.0360 e. The van der Waals surface area contributed by atoms with Gasteiger partial charge in [0.05, 0.1) is 0 Å². The zero-order chi connectivity index (χ0) is 8.10. The Bertz CT molecular complexity index is 177. The summed E-state index contributed by atoms with van der Waals surface area (Å²) in [5, 5.41) is 3.22. The predicted octanol–water partition coefficient (Wildman–Crippen LogP) is 2.61. The SMILES string of the molecule is C1=CC2=C(CCC2)CN1.CC. The molecule has 62 valence electrons. The molecule has 0 saturated heterocycles. The molecule has 0 fully saturated rings. The third kappa shape index (κ3) is 1.86. The van der Waals surface area contributed by atoms with E-state index < -0.39 is 0 Å². The van der Waals surface area contributed by atoms with Gasteiger partial charge in [-0.2, -0.15) is 0 Å². The summed E-state index contributed by atoms with van der Waals surface area (Å²) >= 11 is 0. The van der Waals surface area contributed by atoms with Gasteiger partial charge in [-0.15, -0.1) is 0 Å². The smallest absolute Gasteiger partial charge is 0.0360 e. The molecule has 0 aromatic heterocycles. The van der Waals surface area contributed by atoms with Gasteiger partial charge in [0.1, 0.15) is 0 Å². The zero-order valence-electron chi connectivity index (χ0n) is 7.48. The quantitative estimate of drug-likeness (QED) is 0.561. The normalized spacial score (nSPS) is 20.2. The van der Waals surface area contributed by atoms with Crippen LogP contribution in [0.2, 0.25) is 0 Å². The summed E-state index contributed by atoms with van der Waals surface area (Å²) < 4.78 is 0. The molecule has 0 spiro atoms. The molecule has 0 radical (unpaired) electrons. The molecule has 1 aliphatic carbocycles. The van der Waals surface area contributed by atoms with Crippen LogP contribution < -0.4 is 5.32 Å². The van der Waals surface area contributed by atoms with Gasteiger partial charge >= 0.3 is 0 Å². The van der Waals surface area contributed by atoms with Crippen LogP contribution in [0.1, 0.15) is 33.1 Å². The summed E-state index contributed by atoms with van der Waals surface area (Å²) in [6.07, 6.45) is 8.28. The molecule has 0 amide bonds. The molecule has 11 heavy (non-hydrogen) atoms. The average molecular weight is 151 g/mol. The molecule has 0 bridgehead atoms. The summed E-state index contributed by atoms with van der Waals surface area (Å²) in [4.78, 5) is 0. The van der Waals surface area contributed by atoms with E-state index in [2.05, 4.69) is 17.6 Å². The van der Waals surface area contributed by atoms with Gasteiger partial charge in [-0.25, -0.2) is 0 Å². The maximum absolute atomic E-state index is 3.22. The lowest BCUT2D eigenvalue weighted by Gasteiger charge is -2.08. The van der Waals surface area contributed by atoms with E-state index in [1.807, 2.05) is 13.8 Å².